The number of carbonyl (C=O) groups excluding carboxylic acids is 1. The summed E-state index contributed by atoms with van der Waals surface area (Å²) in [5.74, 6) is 0.0180. The number of anilines is 1. The number of fused-ring (bicyclic) bond motifs is 3. The molecule has 0 aliphatic heterocycles. The number of carbonyl (C=O) groups is 1. The van der Waals surface area contributed by atoms with Gasteiger partial charge in [0, 0.05) is 10.0 Å². The van der Waals surface area contributed by atoms with Crippen LogP contribution in [0.2, 0.25) is 0 Å². The first kappa shape index (κ1) is 9.60. The molecule has 0 saturated heterocycles. The van der Waals surface area contributed by atoms with Crippen LogP contribution in [0.1, 0.15) is 15.9 Å². The zero-order valence-corrected chi connectivity index (χ0v) is 9.91. The first-order chi connectivity index (χ1) is 7.70. The number of benzene rings is 2. The largest absolute Gasteiger partial charge is 0.397 e. The molecule has 2 N–H and O–H groups in total. The van der Waals surface area contributed by atoms with Crippen LogP contribution in [-0.4, -0.2) is 5.78 Å². The van der Waals surface area contributed by atoms with Crippen molar-refractivity contribution in [3.8, 4) is 11.1 Å². The molecule has 0 radical (unpaired) electrons. The van der Waals surface area contributed by atoms with Crippen molar-refractivity contribution in [1.29, 1.82) is 0 Å². The molecular formula is C13H8BrNO. The molecule has 0 heterocycles. The number of hydrogen-bond donors (Lipinski definition) is 1. The van der Waals surface area contributed by atoms with Gasteiger partial charge in [-0.2, -0.15) is 0 Å². The molecule has 2 nitrogen and oxygen atoms in total. The minimum Gasteiger partial charge on any atom is -0.397 e. The van der Waals surface area contributed by atoms with Gasteiger partial charge in [0.05, 0.1) is 11.3 Å². The average Bonchev–Trinajstić information content (AvgIpc) is 2.59. The van der Waals surface area contributed by atoms with E-state index < -0.39 is 0 Å². The van der Waals surface area contributed by atoms with E-state index >= 15 is 0 Å². The van der Waals surface area contributed by atoms with Gasteiger partial charge in [0.15, 0.2) is 5.78 Å². The molecule has 16 heavy (non-hydrogen) atoms. The second-order valence-corrected chi connectivity index (χ2v) is 4.61. The van der Waals surface area contributed by atoms with Crippen LogP contribution in [0.4, 0.5) is 5.69 Å². The Morgan fingerprint density at radius 2 is 1.62 bits per heavy atom. The quantitative estimate of drug-likeness (QED) is 0.639. The maximum Gasteiger partial charge on any atom is 0.196 e. The molecule has 2 aromatic carbocycles. The zero-order chi connectivity index (χ0) is 11.3. The van der Waals surface area contributed by atoms with Crippen LogP contribution < -0.4 is 5.73 Å². The van der Waals surface area contributed by atoms with Crippen LogP contribution >= 0.6 is 15.9 Å². The Kier molecular flexibility index (Phi) is 1.91. The lowest BCUT2D eigenvalue weighted by molar-refractivity contribution is 0.104. The highest BCUT2D eigenvalue weighted by Crippen LogP contribution is 2.41. The highest BCUT2D eigenvalue weighted by molar-refractivity contribution is 9.10. The normalized spacial score (nSPS) is 12.4. The van der Waals surface area contributed by atoms with Crippen molar-refractivity contribution in [2.45, 2.75) is 0 Å². The predicted octanol–water partition coefficient (Wildman–Crippen LogP) is 3.24. The maximum atomic E-state index is 12.2. The summed E-state index contributed by atoms with van der Waals surface area (Å²) in [4.78, 5) is 12.2. The minimum absolute atomic E-state index is 0.0180. The summed E-state index contributed by atoms with van der Waals surface area (Å²) in [6, 6.07) is 11.4. The third-order valence-electron chi connectivity index (χ3n) is 2.88. The molecule has 0 saturated carbocycles. The molecule has 0 amide bonds. The summed E-state index contributed by atoms with van der Waals surface area (Å²) in [6.45, 7) is 0. The molecule has 0 unspecified atom stereocenters. The summed E-state index contributed by atoms with van der Waals surface area (Å²) < 4.78 is 0.771. The van der Waals surface area contributed by atoms with E-state index in [2.05, 4.69) is 15.9 Å². The maximum absolute atomic E-state index is 12.2. The smallest absolute Gasteiger partial charge is 0.196 e. The predicted molar refractivity (Wildman–Crippen MR) is 67.4 cm³/mol. The molecule has 0 bridgehead atoms. The first-order valence-electron chi connectivity index (χ1n) is 4.92. The standard InChI is InChI=1S/C13H8BrNO/c14-10-6-5-8-7-3-1-2-4-9(7)13(16)11(8)12(10)15/h1-6H,15H2. The third-order valence-corrected chi connectivity index (χ3v) is 3.57. The molecule has 2 aromatic rings. The second-order valence-electron chi connectivity index (χ2n) is 3.76. The van der Waals surface area contributed by atoms with E-state index in [9.17, 15) is 4.79 Å². The van der Waals surface area contributed by atoms with Gasteiger partial charge in [-0.25, -0.2) is 0 Å². The average molecular weight is 274 g/mol. The summed E-state index contributed by atoms with van der Waals surface area (Å²) in [7, 11) is 0. The van der Waals surface area contributed by atoms with E-state index in [0.29, 0.717) is 11.3 Å². The Morgan fingerprint density at radius 3 is 2.38 bits per heavy atom. The Morgan fingerprint density at radius 1 is 0.938 bits per heavy atom. The van der Waals surface area contributed by atoms with E-state index in [-0.39, 0.29) is 5.78 Å². The number of nitrogens with two attached hydrogens (primary N) is 1. The van der Waals surface area contributed by atoms with Gasteiger partial charge < -0.3 is 5.73 Å². The van der Waals surface area contributed by atoms with Crippen LogP contribution in [0.25, 0.3) is 11.1 Å². The Labute approximate surface area is 101 Å². The number of ketones is 1. The molecule has 78 valence electrons. The van der Waals surface area contributed by atoms with Crippen molar-refractivity contribution in [3.05, 3.63) is 52.0 Å². The molecule has 1 aliphatic carbocycles. The lowest BCUT2D eigenvalue weighted by atomic mass is 10.1. The van der Waals surface area contributed by atoms with Crippen LogP contribution in [0, 0.1) is 0 Å². The second kappa shape index (κ2) is 3.19. The highest BCUT2D eigenvalue weighted by Gasteiger charge is 2.28. The SMILES string of the molecule is Nc1c(Br)ccc2c1C(=O)c1ccccc1-2. The van der Waals surface area contributed by atoms with E-state index in [4.69, 9.17) is 5.73 Å². The van der Waals surface area contributed by atoms with Gasteiger partial charge in [0.2, 0.25) is 0 Å². The van der Waals surface area contributed by atoms with Gasteiger partial charge in [-0.3, -0.25) is 4.79 Å². The van der Waals surface area contributed by atoms with Crippen molar-refractivity contribution in [1.82, 2.24) is 0 Å². The highest BCUT2D eigenvalue weighted by atomic mass is 79.9. The Bertz CT molecular complexity index is 619. The van der Waals surface area contributed by atoms with Crippen LogP contribution in [-0.2, 0) is 0 Å². The molecule has 3 heteroatoms. The molecule has 0 fully saturated rings. The molecule has 0 atom stereocenters. The molecular weight excluding hydrogens is 266 g/mol. The third kappa shape index (κ3) is 1.09. The van der Waals surface area contributed by atoms with Gasteiger partial charge in [-0.05, 0) is 33.1 Å². The van der Waals surface area contributed by atoms with Crippen molar-refractivity contribution in [2.24, 2.45) is 0 Å². The van der Waals surface area contributed by atoms with Gasteiger partial charge in [-0.15, -0.1) is 0 Å². The molecule has 1 aliphatic rings. The van der Waals surface area contributed by atoms with Gasteiger partial charge >= 0.3 is 0 Å². The fraction of sp³-hybridized carbons (Fsp3) is 0. The first-order valence-corrected chi connectivity index (χ1v) is 5.71. The fourth-order valence-electron chi connectivity index (χ4n) is 2.11. The lowest BCUT2D eigenvalue weighted by Crippen LogP contribution is -2.01. The fourth-order valence-corrected chi connectivity index (χ4v) is 2.44. The van der Waals surface area contributed by atoms with E-state index in [1.807, 2.05) is 36.4 Å². The number of rotatable bonds is 0. The Hall–Kier alpha value is -1.61. The number of nitrogen functional groups attached to an aromatic ring is 1. The van der Waals surface area contributed by atoms with Crippen molar-refractivity contribution in [2.75, 3.05) is 5.73 Å². The van der Waals surface area contributed by atoms with E-state index in [1.54, 1.807) is 0 Å². The van der Waals surface area contributed by atoms with Gasteiger partial charge in [-0.1, -0.05) is 30.3 Å². The summed E-state index contributed by atoms with van der Waals surface area (Å²) in [5.41, 5.74) is 9.73. The molecule has 0 spiro atoms. The van der Waals surface area contributed by atoms with Crippen LogP contribution in [0.15, 0.2) is 40.9 Å². The summed E-state index contributed by atoms with van der Waals surface area (Å²) in [6.07, 6.45) is 0. The molecule has 3 rings (SSSR count). The van der Waals surface area contributed by atoms with Crippen molar-refractivity contribution >= 4 is 27.4 Å². The monoisotopic (exact) mass is 273 g/mol. The Balaban J connectivity index is 2.42. The van der Waals surface area contributed by atoms with Crippen molar-refractivity contribution < 1.29 is 4.79 Å². The van der Waals surface area contributed by atoms with Gasteiger partial charge in [0.25, 0.3) is 0 Å². The zero-order valence-electron chi connectivity index (χ0n) is 8.33. The van der Waals surface area contributed by atoms with Gasteiger partial charge in [0.1, 0.15) is 0 Å². The molecule has 0 aromatic heterocycles. The number of hydrogen-bond acceptors (Lipinski definition) is 2. The minimum atomic E-state index is 0.0180. The van der Waals surface area contributed by atoms with Crippen LogP contribution in [0.3, 0.4) is 0 Å². The van der Waals surface area contributed by atoms with E-state index in [0.717, 1.165) is 21.2 Å². The topological polar surface area (TPSA) is 43.1 Å². The lowest BCUT2D eigenvalue weighted by Gasteiger charge is -2.04. The van der Waals surface area contributed by atoms with E-state index in [1.165, 1.54) is 0 Å². The number of halogens is 1. The van der Waals surface area contributed by atoms with Crippen molar-refractivity contribution in [3.63, 3.8) is 0 Å². The van der Waals surface area contributed by atoms with Crippen LogP contribution in [0.5, 0.6) is 0 Å². The summed E-state index contributed by atoms with van der Waals surface area (Å²) in [5, 5.41) is 0. The summed E-state index contributed by atoms with van der Waals surface area (Å²) >= 11 is 3.34.